The average Bonchev–Trinajstić information content (AvgIpc) is 3.64. The van der Waals surface area contributed by atoms with E-state index < -0.39 is 16.7 Å². The molecule has 1 aliphatic carbocycles. The van der Waals surface area contributed by atoms with Crippen molar-refractivity contribution in [3.05, 3.63) is 86.6 Å². The SMILES string of the molecule is CNC(=O)c1c(-c2ccc(F)cc2)oc2cc(N(Cc3ccc(Br)c(Cl)c3)[SH](=O)=O)c(C3CC3)cc12. The van der Waals surface area contributed by atoms with Crippen LogP contribution in [-0.2, 0) is 17.4 Å². The normalized spacial score (nSPS) is 13.4. The Morgan fingerprint density at radius 2 is 1.89 bits per heavy atom. The standard InChI is InChI=1S/C26H21BrClFN2O4S/c1-30-26(32)24-19-11-18(15-3-4-15)22(12-23(19)35-25(24)16-5-7-17(29)8-6-16)31(36(33)34)13-14-2-9-20(27)21(28)10-14/h2,5-12,15,36H,3-4,13H2,1H3,(H,30,32). The number of benzene rings is 3. The summed E-state index contributed by atoms with van der Waals surface area (Å²) in [6.45, 7) is 0.0881. The van der Waals surface area contributed by atoms with E-state index >= 15 is 0 Å². The van der Waals surface area contributed by atoms with E-state index in [0.717, 1.165) is 28.4 Å². The number of furan rings is 1. The Morgan fingerprint density at radius 3 is 2.50 bits per heavy atom. The van der Waals surface area contributed by atoms with Crippen LogP contribution in [0.15, 0.2) is 63.5 Å². The average molecular weight is 592 g/mol. The second-order valence-electron chi connectivity index (χ2n) is 8.62. The van der Waals surface area contributed by atoms with E-state index in [1.165, 1.54) is 23.5 Å². The predicted octanol–water partition coefficient (Wildman–Crippen LogP) is 6.42. The van der Waals surface area contributed by atoms with Crippen LogP contribution in [-0.4, -0.2) is 21.4 Å². The molecule has 0 bridgehead atoms. The maximum atomic E-state index is 13.5. The molecule has 0 atom stereocenters. The first-order valence-corrected chi connectivity index (χ1v) is 13.5. The van der Waals surface area contributed by atoms with Crippen molar-refractivity contribution in [1.82, 2.24) is 5.32 Å². The maximum Gasteiger partial charge on any atom is 0.255 e. The number of hydrogen-bond acceptors (Lipinski definition) is 4. The topological polar surface area (TPSA) is 79.6 Å². The molecule has 0 spiro atoms. The molecule has 4 aromatic rings. The van der Waals surface area contributed by atoms with Crippen LogP contribution in [0.5, 0.6) is 0 Å². The monoisotopic (exact) mass is 590 g/mol. The lowest BCUT2D eigenvalue weighted by atomic mass is 10.00. The van der Waals surface area contributed by atoms with Gasteiger partial charge in [-0.15, -0.1) is 0 Å². The Labute approximate surface area is 222 Å². The number of carbonyl (C=O) groups is 1. The first-order chi connectivity index (χ1) is 17.3. The molecule has 1 saturated carbocycles. The van der Waals surface area contributed by atoms with Crippen molar-refractivity contribution in [3.63, 3.8) is 0 Å². The Balaban J connectivity index is 1.69. The molecule has 5 rings (SSSR count). The van der Waals surface area contributed by atoms with E-state index in [0.29, 0.717) is 38.6 Å². The minimum atomic E-state index is -3.00. The van der Waals surface area contributed by atoms with E-state index in [9.17, 15) is 17.6 Å². The molecule has 10 heteroatoms. The van der Waals surface area contributed by atoms with Crippen molar-refractivity contribution >= 4 is 61.0 Å². The molecule has 36 heavy (non-hydrogen) atoms. The lowest BCUT2D eigenvalue weighted by Crippen LogP contribution is -2.22. The van der Waals surface area contributed by atoms with E-state index in [1.807, 2.05) is 6.07 Å². The fraction of sp³-hybridized carbons (Fsp3) is 0.192. The minimum Gasteiger partial charge on any atom is -0.455 e. The van der Waals surface area contributed by atoms with Gasteiger partial charge in [-0.1, -0.05) is 17.7 Å². The van der Waals surface area contributed by atoms with E-state index in [2.05, 4.69) is 21.2 Å². The summed E-state index contributed by atoms with van der Waals surface area (Å²) in [4.78, 5) is 12.9. The molecule has 186 valence electrons. The van der Waals surface area contributed by atoms with Crippen molar-refractivity contribution in [2.75, 3.05) is 11.4 Å². The van der Waals surface area contributed by atoms with Crippen LogP contribution in [0.3, 0.4) is 0 Å². The van der Waals surface area contributed by atoms with Gasteiger partial charge in [0.25, 0.3) is 5.91 Å². The number of anilines is 1. The third kappa shape index (κ3) is 4.75. The second-order valence-corrected chi connectivity index (χ2v) is 10.8. The highest BCUT2D eigenvalue weighted by Crippen LogP contribution is 2.48. The third-order valence-corrected chi connectivity index (χ3v) is 8.19. The van der Waals surface area contributed by atoms with Crippen LogP contribution in [0.2, 0.25) is 5.02 Å². The number of nitrogens with zero attached hydrogens (tertiary/aromatic N) is 1. The molecule has 1 amide bonds. The predicted molar refractivity (Wildman–Crippen MR) is 143 cm³/mol. The number of nitrogens with one attached hydrogen (secondary N) is 1. The number of amides is 1. The molecular weight excluding hydrogens is 571 g/mol. The van der Waals surface area contributed by atoms with Crippen LogP contribution in [0.25, 0.3) is 22.3 Å². The Morgan fingerprint density at radius 1 is 1.17 bits per heavy atom. The summed E-state index contributed by atoms with van der Waals surface area (Å²) in [5, 5.41) is 3.71. The smallest absolute Gasteiger partial charge is 0.255 e. The van der Waals surface area contributed by atoms with E-state index in [1.54, 1.807) is 36.4 Å². The van der Waals surface area contributed by atoms with Crippen molar-refractivity contribution in [3.8, 4) is 11.3 Å². The first-order valence-electron chi connectivity index (χ1n) is 11.2. The highest BCUT2D eigenvalue weighted by Gasteiger charge is 2.32. The number of thiol groups is 1. The van der Waals surface area contributed by atoms with Gasteiger partial charge in [0.05, 0.1) is 22.8 Å². The van der Waals surface area contributed by atoms with Gasteiger partial charge in [-0.2, -0.15) is 0 Å². The number of carbonyl (C=O) groups excluding carboxylic acids is 1. The molecule has 1 N–H and O–H groups in total. The fourth-order valence-electron chi connectivity index (χ4n) is 4.29. The van der Waals surface area contributed by atoms with Crippen molar-refractivity contribution in [1.29, 1.82) is 0 Å². The molecule has 1 aliphatic rings. The molecule has 0 radical (unpaired) electrons. The highest BCUT2D eigenvalue weighted by molar-refractivity contribution is 9.10. The zero-order valence-corrected chi connectivity index (χ0v) is 22.3. The second kappa shape index (κ2) is 9.88. The molecular formula is C26H21BrClFN2O4S. The van der Waals surface area contributed by atoms with Gasteiger partial charge in [0, 0.05) is 28.5 Å². The largest absolute Gasteiger partial charge is 0.455 e. The van der Waals surface area contributed by atoms with Gasteiger partial charge in [0.1, 0.15) is 17.2 Å². The summed E-state index contributed by atoms with van der Waals surface area (Å²) in [5.74, 6) is -0.283. The lowest BCUT2D eigenvalue weighted by Gasteiger charge is -2.21. The van der Waals surface area contributed by atoms with Crippen LogP contribution in [0, 0.1) is 5.82 Å². The molecule has 0 unspecified atom stereocenters. The number of hydrogen-bond donors (Lipinski definition) is 2. The quantitative estimate of drug-likeness (QED) is 0.243. The molecule has 3 aromatic carbocycles. The van der Waals surface area contributed by atoms with E-state index in [-0.39, 0.29) is 18.4 Å². The highest BCUT2D eigenvalue weighted by atomic mass is 79.9. The summed E-state index contributed by atoms with van der Waals surface area (Å²) in [6, 6.07) is 14.5. The van der Waals surface area contributed by atoms with Gasteiger partial charge in [0.15, 0.2) is 0 Å². The fourth-order valence-corrected chi connectivity index (χ4v) is 5.37. The zero-order chi connectivity index (χ0) is 25.6. The molecule has 1 fully saturated rings. The number of fused-ring (bicyclic) bond motifs is 1. The van der Waals surface area contributed by atoms with Crippen LogP contribution >= 0.6 is 27.5 Å². The van der Waals surface area contributed by atoms with Crippen molar-refractivity contribution in [2.45, 2.75) is 25.3 Å². The first kappa shape index (κ1) is 24.8. The molecule has 1 heterocycles. The minimum absolute atomic E-state index is 0.0881. The van der Waals surface area contributed by atoms with Gasteiger partial charge < -0.3 is 9.73 Å². The van der Waals surface area contributed by atoms with Crippen molar-refractivity contribution < 1.29 is 22.0 Å². The van der Waals surface area contributed by atoms with Crippen molar-refractivity contribution in [2.24, 2.45) is 0 Å². The summed E-state index contributed by atoms with van der Waals surface area (Å²) in [5.41, 5.74) is 3.29. The number of halogens is 3. The van der Waals surface area contributed by atoms with E-state index in [4.69, 9.17) is 16.0 Å². The lowest BCUT2D eigenvalue weighted by molar-refractivity contribution is 0.0964. The van der Waals surface area contributed by atoms with Gasteiger partial charge in [-0.25, -0.2) is 12.8 Å². The number of rotatable bonds is 7. The van der Waals surface area contributed by atoms with Gasteiger partial charge in [0.2, 0.25) is 10.9 Å². The Bertz CT molecular complexity index is 1560. The molecule has 1 aromatic heterocycles. The van der Waals surface area contributed by atoms with Crippen LogP contribution in [0.1, 0.15) is 40.2 Å². The Hall–Kier alpha value is -2.88. The Kier molecular flexibility index (Phi) is 6.80. The van der Waals surface area contributed by atoms with Gasteiger partial charge in [-0.05, 0) is 88.3 Å². The van der Waals surface area contributed by atoms with Crippen LogP contribution in [0.4, 0.5) is 10.1 Å². The molecule has 6 nitrogen and oxygen atoms in total. The summed E-state index contributed by atoms with van der Waals surface area (Å²) < 4.78 is 46.6. The maximum absolute atomic E-state index is 13.5. The zero-order valence-electron chi connectivity index (χ0n) is 19.1. The third-order valence-electron chi connectivity index (χ3n) is 6.21. The summed E-state index contributed by atoms with van der Waals surface area (Å²) >= 11 is 9.59. The summed E-state index contributed by atoms with van der Waals surface area (Å²) in [6.07, 6.45) is 1.84. The summed E-state index contributed by atoms with van der Waals surface area (Å²) in [7, 11) is -1.47. The molecule has 0 aliphatic heterocycles. The molecule has 0 saturated heterocycles. The van der Waals surface area contributed by atoms with Gasteiger partial charge in [-0.3, -0.25) is 9.10 Å². The van der Waals surface area contributed by atoms with Crippen LogP contribution < -0.4 is 9.62 Å². The van der Waals surface area contributed by atoms with Gasteiger partial charge >= 0.3 is 0 Å².